The number of hydrogen-bond donors (Lipinski definition) is 3. The fraction of sp³-hybridized carbons (Fsp3) is 0.545. The highest BCUT2D eigenvalue weighted by Gasteiger charge is 2.09. The molecule has 1 aromatic rings. The quantitative estimate of drug-likeness (QED) is 0.623. The van der Waals surface area contributed by atoms with Gasteiger partial charge in [-0.3, -0.25) is 0 Å². The second kappa shape index (κ2) is 6.30. The summed E-state index contributed by atoms with van der Waals surface area (Å²) in [5, 5.41) is 12.2. The monoisotopic (exact) mass is 226 g/mol. The second-order valence-corrected chi connectivity index (χ2v) is 3.58. The van der Waals surface area contributed by atoms with Gasteiger partial charge in [-0.25, -0.2) is 4.79 Å². The number of aliphatic hydroxyl groups is 1. The van der Waals surface area contributed by atoms with Crippen molar-refractivity contribution in [2.45, 2.75) is 25.9 Å². The number of ether oxygens (including phenoxy) is 1. The Hall–Kier alpha value is -1.33. The van der Waals surface area contributed by atoms with Crippen molar-refractivity contribution in [1.29, 1.82) is 0 Å². The number of rotatable bonds is 6. The Morgan fingerprint density at radius 3 is 3.00 bits per heavy atom. The van der Waals surface area contributed by atoms with Gasteiger partial charge in [0.15, 0.2) is 0 Å². The molecule has 0 aliphatic carbocycles. The highest BCUT2D eigenvalue weighted by Crippen LogP contribution is 2.05. The van der Waals surface area contributed by atoms with Crippen molar-refractivity contribution in [2.24, 2.45) is 0 Å². The van der Waals surface area contributed by atoms with Crippen LogP contribution < -0.4 is 5.32 Å². The Morgan fingerprint density at radius 2 is 2.44 bits per heavy atom. The van der Waals surface area contributed by atoms with E-state index in [1.54, 1.807) is 12.3 Å². The van der Waals surface area contributed by atoms with E-state index < -0.39 is 0 Å². The molecule has 0 aliphatic rings. The van der Waals surface area contributed by atoms with Gasteiger partial charge in [0.1, 0.15) is 5.69 Å². The van der Waals surface area contributed by atoms with Crippen LogP contribution in [0.5, 0.6) is 0 Å². The summed E-state index contributed by atoms with van der Waals surface area (Å²) in [5.41, 5.74) is 1.41. The van der Waals surface area contributed by atoms with Crippen LogP contribution in [0, 0.1) is 0 Å². The third-order valence-electron chi connectivity index (χ3n) is 2.46. The van der Waals surface area contributed by atoms with Gasteiger partial charge < -0.3 is 20.1 Å². The minimum Gasteiger partial charge on any atom is -0.464 e. The standard InChI is InChI=1S/C11H18N2O3/c1-3-9(7-14)12-5-8-4-10(13-6-8)11(15)16-2/h4,6,9,12-14H,3,5,7H2,1-2H3. The van der Waals surface area contributed by atoms with Crippen LogP contribution in [0.15, 0.2) is 12.3 Å². The maximum Gasteiger partial charge on any atom is 0.354 e. The van der Waals surface area contributed by atoms with Gasteiger partial charge >= 0.3 is 5.97 Å². The number of H-pyrrole nitrogens is 1. The molecule has 5 heteroatoms. The number of esters is 1. The highest BCUT2D eigenvalue weighted by molar-refractivity contribution is 5.87. The number of carbonyl (C=O) groups excluding carboxylic acids is 1. The molecule has 1 atom stereocenters. The molecule has 1 heterocycles. The van der Waals surface area contributed by atoms with Crippen molar-refractivity contribution in [3.05, 3.63) is 23.5 Å². The minimum atomic E-state index is -0.375. The van der Waals surface area contributed by atoms with E-state index in [0.717, 1.165) is 12.0 Å². The first-order valence-electron chi connectivity index (χ1n) is 5.31. The lowest BCUT2D eigenvalue weighted by Gasteiger charge is -2.12. The molecule has 1 unspecified atom stereocenters. The van der Waals surface area contributed by atoms with Crippen molar-refractivity contribution in [3.8, 4) is 0 Å². The fourth-order valence-electron chi connectivity index (χ4n) is 1.37. The summed E-state index contributed by atoms with van der Waals surface area (Å²) in [7, 11) is 1.35. The molecule has 0 saturated heterocycles. The van der Waals surface area contributed by atoms with Crippen LogP contribution in [-0.4, -0.2) is 35.8 Å². The molecule has 0 aliphatic heterocycles. The van der Waals surface area contributed by atoms with E-state index in [4.69, 9.17) is 5.11 Å². The predicted molar refractivity (Wildman–Crippen MR) is 60.1 cm³/mol. The average molecular weight is 226 g/mol. The van der Waals surface area contributed by atoms with Crippen molar-refractivity contribution in [3.63, 3.8) is 0 Å². The molecular weight excluding hydrogens is 208 g/mol. The van der Waals surface area contributed by atoms with Gasteiger partial charge in [-0.2, -0.15) is 0 Å². The van der Waals surface area contributed by atoms with Crippen molar-refractivity contribution < 1.29 is 14.6 Å². The molecule has 0 spiro atoms. The van der Waals surface area contributed by atoms with Crippen molar-refractivity contribution in [1.82, 2.24) is 10.3 Å². The number of hydrogen-bond acceptors (Lipinski definition) is 4. The maximum absolute atomic E-state index is 11.2. The van der Waals surface area contributed by atoms with Crippen LogP contribution in [0.4, 0.5) is 0 Å². The number of aromatic nitrogens is 1. The van der Waals surface area contributed by atoms with Crippen LogP contribution in [0.25, 0.3) is 0 Å². The Morgan fingerprint density at radius 1 is 1.69 bits per heavy atom. The van der Waals surface area contributed by atoms with Gasteiger partial charge in [0, 0.05) is 18.8 Å². The van der Waals surface area contributed by atoms with Crippen LogP contribution in [0.3, 0.4) is 0 Å². The van der Waals surface area contributed by atoms with E-state index in [-0.39, 0.29) is 18.6 Å². The smallest absolute Gasteiger partial charge is 0.354 e. The molecule has 0 bridgehead atoms. The summed E-state index contributed by atoms with van der Waals surface area (Å²) >= 11 is 0. The summed E-state index contributed by atoms with van der Waals surface area (Å²) in [4.78, 5) is 14.0. The van der Waals surface area contributed by atoms with E-state index >= 15 is 0 Å². The van der Waals surface area contributed by atoms with Crippen molar-refractivity contribution in [2.75, 3.05) is 13.7 Å². The van der Waals surface area contributed by atoms with E-state index in [1.165, 1.54) is 7.11 Å². The first-order chi connectivity index (χ1) is 7.71. The Labute approximate surface area is 94.8 Å². The molecule has 5 nitrogen and oxygen atoms in total. The number of carbonyl (C=O) groups is 1. The zero-order valence-corrected chi connectivity index (χ0v) is 9.62. The van der Waals surface area contributed by atoms with Gasteiger partial charge in [-0.15, -0.1) is 0 Å². The van der Waals surface area contributed by atoms with Gasteiger partial charge in [0.05, 0.1) is 13.7 Å². The Bertz CT molecular complexity index is 332. The summed E-state index contributed by atoms with van der Waals surface area (Å²) in [5.74, 6) is -0.375. The molecule has 0 fully saturated rings. The summed E-state index contributed by atoms with van der Waals surface area (Å²) < 4.78 is 4.59. The second-order valence-electron chi connectivity index (χ2n) is 3.58. The third kappa shape index (κ3) is 3.36. The summed E-state index contributed by atoms with van der Waals surface area (Å²) in [6, 6.07) is 1.83. The lowest BCUT2D eigenvalue weighted by Crippen LogP contribution is -2.30. The zero-order chi connectivity index (χ0) is 12.0. The van der Waals surface area contributed by atoms with E-state index in [9.17, 15) is 4.79 Å². The largest absolute Gasteiger partial charge is 0.464 e. The average Bonchev–Trinajstić information content (AvgIpc) is 2.78. The molecule has 3 N–H and O–H groups in total. The van der Waals surface area contributed by atoms with Gasteiger partial charge in [-0.05, 0) is 18.1 Å². The van der Waals surface area contributed by atoms with Crippen LogP contribution in [0.2, 0.25) is 0 Å². The number of aromatic amines is 1. The first kappa shape index (κ1) is 12.7. The number of nitrogens with one attached hydrogen (secondary N) is 2. The normalized spacial score (nSPS) is 12.4. The molecular formula is C11H18N2O3. The first-order valence-corrected chi connectivity index (χ1v) is 5.31. The summed E-state index contributed by atoms with van der Waals surface area (Å²) in [6.07, 6.45) is 2.62. The zero-order valence-electron chi connectivity index (χ0n) is 9.62. The topological polar surface area (TPSA) is 74.4 Å². The molecule has 90 valence electrons. The molecule has 0 radical (unpaired) electrons. The van der Waals surface area contributed by atoms with Crippen LogP contribution in [-0.2, 0) is 11.3 Å². The molecule has 0 aromatic carbocycles. The molecule has 1 rings (SSSR count). The van der Waals surface area contributed by atoms with Gasteiger partial charge in [-0.1, -0.05) is 6.92 Å². The van der Waals surface area contributed by atoms with Crippen molar-refractivity contribution >= 4 is 5.97 Å². The number of methoxy groups -OCH3 is 1. The highest BCUT2D eigenvalue weighted by atomic mass is 16.5. The minimum absolute atomic E-state index is 0.0940. The molecule has 1 aromatic heterocycles. The molecule has 0 amide bonds. The SMILES string of the molecule is CCC(CO)NCc1c[nH]c(C(=O)OC)c1. The molecule has 16 heavy (non-hydrogen) atoms. The predicted octanol–water partition coefficient (Wildman–Crippen LogP) is 0.662. The Balaban J connectivity index is 2.49. The lowest BCUT2D eigenvalue weighted by atomic mass is 10.2. The Kier molecular flexibility index (Phi) is 5.01. The van der Waals surface area contributed by atoms with E-state index in [1.807, 2.05) is 6.92 Å². The van der Waals surface area contributed by atoms with E-state index in [0.29, 0.717) is 12.2 Å². The molecule has 0 saturated carbocycles. The van der Waals surface area contributed by atoms with Crippen LogP contribution in [0.1, 0.15) is 29.4 Å². The van der Waals surface area contributed by atoms with Gasteiger partial charge in [0.25, 0.3) is 0 Å². The fourth-order valence-corrected chi connectivity index (χ4v) is 1.37. The lowest BCUT2D eigenvalue weighted by molar-refractivity contribution is 0.0595. The van der Waals surface area contributed by atoms with E-state index in [2.05, 4.69) is 15.0 Å². The third-order valence-corrected chi connectivity index (χ3v) is 2.46. The van der Waals surface area contributed by atoms with Crippen LogP contribution >= 0.6 is 0 Å². The van der Waals surface area contributed by atoms with Gasteiger partial charge in [0.2, 0.25) is 0 Å². The maximum atomic E-state index is 11.2. The summed E-state index contributed by atoms with van der Waals surface area (Å²) in [6.45, 7) is 2.74. The number of aliphatic hydroxyl groups excluding tert-OH is 1.